The molecule has 0 aliphatic heterocycles. The van der Waals surface area contributed by atoms with Crippen LogP contribution in [0.1, 0.15) is 22.6 Å². The molecule has 0 radical (unpaired) electrons. The van der Waals surface area contributed by atoms with Gasteiger partial charge in [0, 0.05) is 16.7 Å². The Bertz CT molecular complexity index is 2890. The molecule has 254 valence electrons. The maximum atomic E-state index is 6.10. The number of benzene rings is 9. The third-order valence-electron chi connectivity index (χ3n) is 10.9. The van der Waals surface area contributed by atoms with E-state index >= 15 is 0 Å². The minimum atomic E-state index is 0.0718. The van der Waals surface area contributed by atoms with E-state index in [1.807, 2.05) is 12.1 Å². The predicted molar refractivity (Wildman–Crippen MR) is 227 cm³/mol. The van der Waals surface area contributed by atoms with Gasteiger partial charge in [-0.05, 0) is 96.2 Å². The first-order chi connectivity index (χ1) is 26.7. The fourth-order valence-corrected chi connectivity index (χ4v) is 8.06. The van der Waals surface area contributed by atoms with E-state index < -0.39 is 0 Å². The van der Waals surface area contributed by atoms with Gasteiger partial charge in [-0.2, -0.15) is 0 Å². The van der Waals surface area contributed by atoms with Gasteiger partial charge in [-0.3, -0.25) is 0 Å². The van der Waals surface area contributed by atoms with Crippen LogP contribution in [0, 0.1) is 0 Å². The number of furan rings is 1. The fraction of sp³-hybridized carbons (Fsp3) is 0.0189. The highest BCUT2D eigenvalue weighted by Crippen LogP contribution is 2.39. The number of fused-ring (bicyclic) bond motifs is 4. The molecule has 1 atom stereocenters. The molecule has 0 saturated carbocycles. The highest BCUT2D eigenvalue weighted by atomic mass is 16.3. The Morgan fingerprint density at radius 3 is 1.43 bits per heavy atom. The number of hydrogen-bond acceptors (Lipinski definition) is 1. The lowest BCUT2D eigenvalue weighted by Gasteiger charge is -2.22. The van der Waals surface area contributed by atoms with Crippen LogP contribution in [0.3, 0.4) is 0 Å². The van der Waals surface area contributed by atoms with Crippen LogP contribution in [0.2, 0.25) is 0 Å². The molecule has 1 unspecified atom stereocenters. The first kappa shape index (κ1) is 31.7. The maximum absolute atomic E-state index is 6.10. The highest BCUT2D eigenvalue weighted by Gasteiger charge is 2.20. The zero-order chi connectivity index (χ0) is 35.8. The molecule has 54 heavy (non-hydrogen) atoms. The molecule has 1 heteroatoms. The van der Waals surface area contributed by atoms with Gasteiger partial charge >= 0.3 is 0 Å². The first-order valence-electron chi connectivity index (χ1n) is 18.6. The Balaban J connectivity index is 0.992. The van der Waals surface area contributed by atoms with Gasteiger partial charge in [-0.15, -0.1) is 0 Å². The summed E-state index contributed by atoms with van der Waals surface area (Å²) in [5, 5.41) is 4.83. The molecule has 0 aliphatic rings. The Kier molecular flexibility index (Phi) is 7.96. The van der Waals surface area contributed by atoms with Crippen LogP contribution in [0.5, 0.6) is 0 Å². The van der Waals surface area contributed by atoms with Gasteiger partial charge < -0.3 is 4.42 Å². The van der Waals surface area contributed by atoms with Gasteiger partial charge in [0.25, 0.3) is 0 Å². The van der Waals surface area contributed by atoms with Crippen molar-refractivity contribution in [2.75, 3.05) is 0 Å². The Hall–Kier alpha value is -6.96. The van der Waals surface area contributed by atoms with Crippen LogP contribution in [0.15, 0.2) is 217 Å². The summed E-state index contributed by atoms with van der Waals surface area (Å²) >= 11 is 0. The molecular weight excluding hydrogens is 653 g/mol. The van der Waals surface area contributed by atoms with Gasteiger partial charge in [-0.25, -0.2) is 0 Å². The Labute approximate surface area is 315 Å². The maximum Gasteiger partial charge on any atom is 0.135 e. The lowest BCUT2D eigenvalue weighted by Crippen LogP contribution is -2.04. The summed E-state index contributed by atoms with van der Waals surface area (Å²) in [6.45, 7) is 0. The number of para-hydroxylation sites is 1. The molecule has 9 aromatic carbocycles. The summed E-state index contributed by atoms with van der Waals surface area (Å²) < 4.78 is 6.10. The van der Waals surface area contributed by atoms with Crippen LogP contribution in [0.4, 0.5) is 0 Å². The van der Waals surface area contributed by atoms with E-state index in [0.717, 1.165) is 21.9 Å². The quantitative estimate of drug-likeness (QED) is 0.152. The summed E-state index contributed by atoms with van der Waals surface area (Å²) in [5.41, 5.74) is 15.3. The molecule has 0 saturated heterocycles. The molecule has 1 aromatic heterocycles. The zero-order valence-electron chi connectivity index (χ0n) is 29.7. The summed E-state index contributed by atoms with van der Waals surface area (Å²) in [6.07, 6.45) is 0. The molecule has 0 amide bonds. The van der Waals surface area contributed by atoms with Gasteiger partial charge in [0.05, 0.1) is 0 Å². The Morgan fingerprint density at radius 1 is 0.278 bits per heavy atom. The molecule has 10 aromatic rings. The second kappa shape index (κ2) is 13.5. The SMILES string of the molecule is c1ccc(-c2ccc(-c3ccc(C(c4ccc(-c5cccc(-c6ccc7oc8ccccc8c7c6)c5)cc4)c4cccc5ccccc45)cc3)cc2)cc1. The average molecular weight is 689 g/mol. The molecule has 0 aliphatic carbocycles. The van der Waals surface area contributed by atoms with Gasteiger partial charge in [0.15, 0.2) is 0 Å². The first-order valence-corrected chi connectivity index (χ1v) is 18.6. The van der Waals surface area contributed by atoms with Crippen molar-refractivity contribution in [2.24, 2.45) is 0 Å². The fourth-order valence-electron chi connectivity index (χ4n) is 8.06. The van der Waals surface area contributed by atoms with Gasteiger partial charge in [-0.1, -0.05) is 188 Å². The van der Waals surface area contributed by atoms with Crippen molar-refractivity contribution in [1.29, 1.82) is 0 Å². The van der Waals surface area contributed by atoms with Crippen molar-refractivity contribution in [1.82, 2.24) is 0 Å². The predicted octanol–water partition coefficient (Wildman–Crippen LogP) is 14.6. The van der Waals surface area contributed by atoms with E-state index in [4.69, 9.17) is 4.42 Å². The van der Waals surface area contributed by atoms with Crippen LogP contribution in [-0.2, 0) is 0 Å². The van der Waals surface area contributed by atoms with E-state index in [-0.39, 0.29) is 5.92 Å². The highest BCUT2D eigenvalue weighted by molar-refractivity contribution is 6.06. The second-order valence-electron chi connectivity index (χ2n) is 14.1. The largest absolute Gasteiger partial charge is 0.456 e. The summed E-state index contributed by atoms with van der Waals surface area (Å²) in [6, 6.07) is 76.8. The third-order valence-corrected chi connectivity index (χ3v) is 10.9. The lowest BCUT2D eigenvalue weighted by molar-refractivity contribution is 0.669. The Morgan fingerprint density at radius 2 is 0.722 bits per heavy atom. The van der Waals surface area contributed by atoms with Crippen LogP contribution in [-0.4, -0.2) is 0 Å². The van der Waals surface area contributed by atoms with Crippen molar-refractivity contribution < 1.29 is 4.42 Å². The standard InChI is InChI=1S/C53H36O/c1-2-10-36(11-3-1)37-20-22-38(23-21-37)39-24-28-42(29-25-39)53(49-18-9-13-41-12-4-5-16-47(41)49)43-30-26-40(27-31-43)44-14-8-15-45(34-44)46-32-33-52-50(35-46)48-17-6-7-19-51(48)54-52/h1-35,53H. The average Bonchev–Trinajstić information content (AvgIpc) is 3.63. The van der Waals surface area contributed by atoms with Crippen molar-refractivity contribution in [2.45, 2.75) is 5.92 Å². The lowest BCUT2D eigenvalue weighted by atomic mass is 9.82. The molecular formula is C53H36O. The summed E-state index contributed by atoms with van der Waals surface area (Å²) in [7, 11) is 0. The second-order valence-corrected chi connectivity index (χ2v) is 14.1. The van der Waals surface area contributed by atoms with Gasteiger partial charge in [0.1, 0.15) is 11.2 Å². The van der Waals surface area contributed by atoms with Crippen molar-refractivity contribution >= 4 is 32.7 Å². The van der Waals surface area contributed by atoms with Crippen LogP contribution >= 0.6 is 0 Å². The zero-order valence-corrected chi connectivity index (χ0v) is 29.7. The van der Waals surface area contributed by atoms with Crippen LogP contribution < -0.4 is 0 Å². The number of rotatable bonds is 7. The topological polar surface area (TPSA) is 13.1 Å². The molecule has 1 heterocycles. The molecule has 10 rings (SSSR count). The summed E-state index contributed by atoms with van der Waals surface area (Å²) in [5.74, 6) is 0.0718. The van der Waals surface area contributed by atoms with E-state index in [1.165, 1.54) is 72.0 Å². The normalized spacial score (nSPS) is 12.0. The smallest absolute Gasteiger partial charge is 0.135 e. The molecule has 0 bridgehead atoms. The minimum Gasteiger partial charge on any atom is -0.456 e. The van der Waals surface area contributed by atoms with Gasteiger partial charge in [0.2, 0.25) is 0 Å². The third kappa shape index (κ3) is 5.87. The minimum absolute atomic E-state index is 0.0718. The number of hydrogen-bond donors (Lipinski definition) is 0. The molecule has 0 spiro atoms. The van der Waals surface area contributed by atoms with E-state index in [9.17, 15) is 0 Å². The van der Waals surface area contributed by atoms with E-state index in [2.05, 4.69) is 200 Å². The summed E-state index contributed by atoms with van der Waals surface area (Å²) in [4.78, 5) is 0. The van der Waals surface area contributed by atoms with Crippen molar-refractivity contribution in [3.05, 3.63) is 229 Å². The van der Waals surface area contributed by atoms with E-state index in [1.54, 1.807) is 0 Å². The molecule has 0 fully saturated rings. The van der Waals surface area contributed by atoms with Crippen LogP contribution in [0.25, 0.3) is 77.2 Å². The monoisotopic (exact) mass is 688 g/mol. The van der Waals surface area contributed by atoms with E-state index in [0.29, 0.717) is 0 Å². The molecule has 1 nitrogen and oxygen atoms in total. The molecule has 0 N–H and O–H groups in total. The van der Waals surface area contributed by atoms with Crippen molar-refractivity contribution in [3.63, 3.8) is 0 Å². The van der Waals surface area contributed by atoms with Crippen molar-refractivity contribution in [3.8, 4) is 44.5 Å².